The number of unbranched alkanes of at least 4 members (excludes halogenated alkanes) is 3. The summed E-state index contributed by atoms with van der Waals surface area (Å²) >= 11 is 0. The molecule has 0 aromatic heterocycles. The van der Waals surface area contributed by atoms with Gasteiger partial charge in [-0.05, 0) is 26.2 Å². The molecule has 0 aromatic carbocycles. The van der Waals surface area contributed by atoms with Crippen LogP contribution in [0.15, 0.2) is 12.2 Å². The van der Waals surface area contributed by atoms with Gasteiger partial charge in [0.2, 0.25) is 0 Å². The molecule has 8 heteroatoms. The van der Waals surface area contributed by atoms with Crippen molar-refractivity contribution in [2.75, 3.05) is 46.0 Å². The number of ether oxygens (including phenoxy) is 1. The molecule has 7 nitrogen and oxygen atoms in total. The van der Waals surface area contributed by atoms with Crippen LogP contribution in [0, 0.1) is 0 Å². The smallest absolute Gasteiger partial charge is 0.333 e. The molecule has 1 unspecified atom stereocenters. The summed E-state index contributed by atoms with van der Waals surface area (Å²) in [5.41, 5.74) is 0.305. The quantitative estimate of drug-likeness (QED) is 0.0993. The third-order valence-electron chi connectivity index (χ3n) is 4.89. The maximum atomic E-state index is 12.0. The van der Waals surface area contributed by atoms with Crippen LogP contribution in [-0.2, 0) is 23.1 Å². The van der Waals surface area contributed by atoms with E-state index in [1.807, 2.05) is 0 Å². The fraction of sp³-hybridized carbons (Fsp3) is 0.857. The van der Waals surface area contributed by atoms with Crippen LogP contribution in [0.25, 0.3) is 0 Å². The number of hydrogen-bond acceptors (Lipinski definition) is 6. The summed E-state index contributed by atoms with van der Waals surface area (Å²) in [5.74, 6) is -0.494. The van der Waals surface area contributed by atoms with Gasteiger partial charge in [0.1, 0.15) is 13.2 Å². The molecule has 0 spiro atoms. The summed E-state index contributed by atoms with van der Waals surface area (Å²) in [4.78, 5) is 23.3. The van der Waals surface area contributed by atoms with Crippen LogP contribution < -0.4 is 4.89 Å². The summed E-state index contributed by atoms with van der Waals surface area (Å²) < 4.78 is 27.8. The van der Waals surface area contributed by atoms with E-state index in [1.165, 1.54) is 0 Å². The number of rotatable bonds is 19. The Balaban J connectivity index is 4.49. The van der Waals surface area contributed by atoms with Crippen molar-refractivity contribution in [2.24, 2.45) is 0 Å². The van der Waals surface area contributed by atoms with E-state index in [0.29, 0.717) is 12.1 Å². The van der Waals surface area contributed by atoms with E-state index in [-0.39, 0.29) is 26.2 Å². The number of carbonyl (C=O) groups excluding carboxylic acids is 1. The van der Waals surface area contributed by atoms with Gasteiger partial charge >= 0.3 is 5.97 Å². The molecule has 0 saturated heterocycles. The van der Waals surface area contributed by atoms with Crippen molar-refractivity contribution >= 4 is 13.8 Å². The van der Waals surface area contributed by atoms with Crippen LogP contribution in [0.5, 0.6) is 0 Å². The first kappa shape index (κ1) is 28.3. The van der Waals surface area contributed by atoms with Crippen molar-refractivity contribution in [1.82, 2.24) is 0 Å². The van der Waals surface area contributed by atoms with Crippen molar-refractivity contribution in [1.29, 1.82) is 0 Å². The Hall–Kier alpha value is -0.720. The highest BCUT2D eigenvalue weighted by atomic mass is 31.2. The summed E-state index contributed by atoms with van der Waals surface area (Å²) in [6.07, 6.45) is 7.03. The molecule has 0 fully saturated rings. The lowest BCUT2D eigenvalue weighted by atomic mass is 10.1. The third kappa shape index (κ3) is 14.0. The predicted octanol–water partition coefficient (Wildman–Crippen LogP) is 4.21. The Kier molecular flexibility index (Phi) is 15.6. The number of carbonyl (C=O) groups is 1. The minimum atomic E-state index is -4.36. The molecule has 0 amide bonds. The molecule has 0 heterocycles. The van der Waals surface area contributed by atoms with Crippen LogP contribution in [0.4, 0.5) is 0 Å². The Morgan fingerprint density at radius 3 is 1.79 bits per heavy atom. The van der Waals surface area contributed by atoms with E-state index >= 15 is 0 Å². The minimum absolute atomic E-state index is 0.0776. The van der Waals surface area contributed by atoms with Crippen molar-refractivity contribution in [2.45, 2.75) is 72.6 Å². The van der Waals surface area contributed by atoms with Gasteiger partial charge in [-0.15, -0.1) is 0 Å². The fourth-order valence-electron chi connectivity index (χ4n) is 3.06. The molecule has 0 radical (unpaired) electrons. The first-order chi connectivity index (χ1) is 13.7. The molecule has 1 atom stereocenters. The van der Waals surface area contributed by atoms with Crippen molar-refractivity contribution < 1.29 is 32.5 Å². The maximum Gasteiger partial charge on any atom is 0.333 e. The minimum Gasteiger partial charge on any atom is -0.756 e. The molecule has 0 rings (SSSR count). The van der Waals surface area contributed by atoms with Gasteiger partial charge in [-0.3, -0.25) is 4.57 Å². The Morgan fingerprint density at radius 1 is 0.862 bits per heavy atom. The van der Waals surface area contributed by atoms with Gasteiger partial charge < -0.3 is 23.2 Å². The number of hydrogen-bond donors (Lipinski definition) is 0. The molecular formula is C21H42NO6P. The average molecular weight is 436 g/mol. The lowest BCUT2D eigenvalue weighted by Gasteiger charge is -2.39. The van der Waals surface area contributed by atoms with Crippen molar-refractivity contribution in [3.05, 3.63) is 12.2 Å². The van der Waals surface area contributed by atoms with E-state index in [4.69, 9.17) is 13.8 Å². The fourth-order valence-corrected chi connectivity index (χ4v) is 3.79. The monoisotopic (exact) mass is 435 g/mol. The lowest BCUT2D eigenvalue weighted by Crippen LogP contribution is -2.52. The first-order valence-corrected chi connectivity index (χ1v) is 12.5. The number of nitrogens with zero attached hydrogens (tertiary/aromatic N) is 1. The lowest BCUT2D eigenvalue weighted by molar-refractivity contribution is -0.929. The summed E-state index contributed by atoms with van der Waals surface area (Å²) in [6, 6.07) is 0. The molecular weight excluding hydrogens is 393 g/mol. The molecule has 0 saturated carbocycles. The second-order valence-electron chi connectivity index (χ2n) is 7.68. The molecule has 172 valence electrons. The third-order valence-corrected chi connectivity index (χ3v) is 5.89. The molecule has 29 heavy (non-hydrogen) atoms. The standard InChI is InChI=1S/C21H42NO6P/c1-6-9-13-22(14-10-7-2,15-11-8-3)16-19-28-29(24,25)27-18-12-17-26-21(23)20(4)5/h4,6-19H2,1-3,5H3. The zero-order valence-electron chi connectivity index (χ0n) is 19.0. The van der Waals surface area contributed by atoms with Crippen LogP contribution in [-0.4, -0.2) is 56.5 Å². The SMILES string of the molecule is C=C(C)C(=O)OCCCOP(=O)([O-])OCC[N+](CCCC)(CCCC)CCCC. The molecule has 0 aromatic rings. The van der Waals surface area contributed by atoms with E-state index in [1.54, 1.807) is 6.92 Å². The second kappa shape index (κ2) is 16.0. The van der Waals surface area contributed by atoms with E-state index in [2.05, 4.69) is 27.4 Å². The first-order valence-electron chi connectivity index (χ1n) is 11.0. The topological polar surface area (TPSA) is 84.9 Å². The second-order valence-corrected chi connectivity index (χ2v) is 9.09. The van der Waals surface area contributed by atoms with Gasteiger partial charge in [0.25, 0.3) is 7.82 Å². The summed E-state index contributed by atoms with van der Waals surface area (Å²) in [7, 11) is -4.36. The molecule has 0 N–H and O–H groups in total. The van der Waals surface area contributed by atoms with Gasteiger partial charge in [-0.25, -0.2) is 4.79 Å². The maximum absolute atomic E-state index is 12.0. The van der Waals surface area contributed by atoms with Crippen molar-refractivity contribution in [3.63, 3.8) is 0 Å². The number of quaternary nitrogens is 1. The normalized spacial score (nSPS) is 13.8. The van der Waals surface area contributed by atoms with Crippen LogP contribution in [0.3, 0.4) is 0 Å². The van der Waals surface area contributed by atoms with Gasteiger partial charge in [-0.2, -0.15) is 0 Å². The Labute approximate surface area is 177 Å². The molecule has 0 aliphatic carbocycles. The highest BCUT2D eigenvalue weighted by Crippen LogP contribution is 2.38. The van der Waals surface area contributed by atoms with Gasteiger partial charge in [0, 0.05) is 12.0 Å². The Morgan fingerprint density at radius 2 is 1.34 bits per heavy atom. The van der Waals surface area contributed by atoms with Crippen LogP contribution >= 0.6 is 7.82 Å². The predicted molar refractivity (Wildman–Crippen MR) is 114 cm³/mol. The van der Waals surface area contributed by atoms with Gasteiger partial charge in [0.15, 0.2) is 0 Å². The number of phosphoric ester groups is 1. The van der Waals surface area contributed by atoms with E-state index in [9.17, 15) is 14.3 Å². The van der Waals surface area contributed by atoms with Gasteiger partial charge in [0.05, 0.1) is 32.8 Å². The number of phosphoric acid groups is 1. The van der Waals surface area contributed by atoms with Crippen LogP contribution in [0.1, 0.15) is 72.6 Å². The van der Waals surface area contributed by atoms with Gasteiger partial charge in [-0.1, -0.05) is 46.6 Å². The zero-order valence-corrected chi connectivity index (χ0v) is 19.8. The average Bonchev–Trinajstić information content (AvgIpc) is 2.68. The highest BCUT2D eigenvalue weighted by molar-refractivity contribution is 7.45. The molecule has 0 aliphatic heterocycles. The molecule has 0 bridgehead atoms. The van der Waals surface area contributed by atoms with E-state index < -0.39 is 13.8 Å². The van der Waals surface area contributed by atoms with Crippen LogP contribution in [0.2, 0.25) is 0 Å². The largest absolute Gasteiger partial charge is 0.756 e. The number of esters is 1. The van der Waals surface area contributed by atoms with Crippen molar-refractivity contribution in [3.8, 4) is 0 Å². The van der Waals surface area contributed by atoms with E-state index in [0.717, 1.165) is 62.6 Å². The summed E-state index contributed by atoms with van der Waals surface area (Å²) in [5, 5.41) is 0. The molecule has 0 aliphatic rings. The summed E-state index contributed by atoms with van der Waals surface area (Å²) in [6.45, 7) is 15.5. The Bertz CT molecular complexity index is 490. The highest BCUT2D eigenvalue weighted by Gasteiger charge is 2.26. The zero-order chi connectivity index (χ0) is 22.2.